The summed E-state index contributed by atoms with van der Waals surface area (Å²) >= 11 is 0. The van der Waals surface area contributed by atoms with Gasteiger partial charge in [0, 0.05) is 18.7 Å². The molecule has 1 fully saturated rings. The highest BCUT2D eigenvalue weighted by Gasteiger charge is 2.22. The zero-order chi connectivity index (χ0) is 18.4. The van der Waals surface area contributed by atoms with Crippen LogP contribution in [0, 0.1) is 5.82 Å². The van der Waals surface area contributed by atoms with E-state index in [-0.39, 0.29) is 24.3 Å². The minimum absolute atomic E-state index is 0.0868. The van der Waals surface area contributed by atoms with Gasteiger partial charge in [-0.15, -0.1) is 0 Å². The van der Waals surface area contributed by atoms with Crippen molar-refractivity contribution >= 4 is 11.7 Å². The van der Waals surface area contributed by atoms with Crippen molar-refractivity contribution in [3.8, 4) is 5.88 Å². The van der Waals surface area contributed by atoms with Gasteiger partial charge in [0.05, 0.1) is 13.2 Å². The molecule has 1 saturated heterocycles. The number of methoxy groups -OCH3 is 1. The van der Waals surface area contributed by atoms with Crippen LogP contribution in [0.4, 0.5) is 10.2 Å². The Bertz CT molecular complexity index is 749. The van der Waals surface area contributed by atoms with Gasteiger partial charge in [0.15, 0.2) is 11.6 Å². The molecule has 6 nitrogen and oxygen atoms in total. The second-order valence-corrected chi connectivity index (χ2v) is 6.19. The van der Waals surface area contributed by atoms with Crippen LogP contribution in [0.25, 0.3) is 0 Å². The number of ether oxygens (including phenoxy) is 1. The molecule has 0 saturated carbocycles. The summed E-state index contributed by atoms with van der Waals surface area (Å²) in [6.45, 7) is 1.47. The molecule has 0 radical (unpaired) electrons. The molecular weight excluding hydrogens is 335 g/mol. The predicted molar refractivity (Wildman–Crippen MR) is 97.4 cm³/mol. The number of amides is 1. The molecule has 3 rings (SSSR count). The van der Waals surface area contributed by atoms with Crippen LogP contribution in [-0.2, 0) is 17.9 Å². The van der Waals surface area contributed by atoms with Gasteiger partial charge in [-0.3, -0.25) is 4.79 Å². The molecule has 2 aromatic rings. The van der Waals surface area contributed by atoms with Crippen LogP contribution in [0.5, 0.6) is 5.88 Å². The van der Waals surface area contributed by atoms with Crippen molar-refractivity contribution in [3.63, 3.8) is 0 Å². The van der Waals surface area contributed by atoms with Crippen LogP contribution in [0.15, 0.2) is 36.4 Å². The first-order valence-electron chi connectivity index (χ1n) is 8.69. The second kappa shape index (κ2) is 8.62. The molecule has 7 heteroatoms. The van der Waals surface area contributed by atoms with E-state index in [1.165, 1.54) is 13.2 Å². The van der Waals surface area contributed by atoms with Crippen molar-refractivity contribution in [3.05, 3.63) is 53.3 Å². The van der Waals surface area contributed by atoms with Gasteiger partial charge in [0.2, 0.25) is 11.8 Å². The lowest BCUT2D eigenvalue weighted by molar-refractivity contribution is -0.122. The fourth-order valence-electron chi connectivity index (χ4n) is 2.93. The first kappa shape index (κ1) is 18.1. The second-order valence-electron chi connectivity index (χ2n) is 6.19. The molecule has 138 valence electrons. The van der Waals surface area contributed by atoms with Gasteiger partial charge < -0.3 is 20.7 Å². The van der Waals surface area contributed by atoms with Crippen LogP contribution in [0.3, 0.4) is 0 Å². The van der Waals surface area contributed by atoms with E-state index in [4.69, 9.17) is 4.74 Å². The maximum absolute atomic E-state index is 14.4. The smallest absolute Gasteiger partial charge is 0.237 e. The van der Waals surface area contributed by atoms with Crippen LogP contribution in [-0.4, -0.2) is 30.6 Å². The molecule has 1 aromatic heterocycles. The number of rotatable bonds is 7. The van der Waals surface area contributed by atoms with Gasteiger partial charge in [-0.25, -0.2) is 4.39 Å². The van der Waals surface area contributed by atoms with Crippen molar-refractivity contribution in [1.29, 1.82) is 0 Å². The highest BCUT2D eigenvalue weighted by molar-refractivity contribution is 5.82. The van der Waals surface area contributed by atoms with Crippen molar-refractivity contribution in [2.45, 2.75) is 32.0 Å². The molecule has 1 amide bonds. The van der Waals surface area contributed by atoms with Crippen LogP contribution in [0.1, 0.15) is 24.0 Å². The molecule has 0 spiro atoms. The van der Waals surface area contributed by atoms with Gasteiger partial charge in [-0.2, -0.15) is 4.98 Å². The number of halogens is 1. The van der Waals surface area contributed by atoms with Crippen molar-refractivity contribution in [2.75, 3.05) is 19.0 Å². The molecule has 1 aliphatic heterocycles. The fraction of sp³-hybridized carbons (Fsp3) is 0.368. The average molecular weight is 358 g/mol. The Kier molecular flexibility index (Phi) is 6.01. The summed E-state index contributed by atoms with van der Waals surface area (Å²) in [6.07, 6.45) is 1.80. The minimum Gasteiger partial charge on any atom is -0.481 e. The number of carbonyl (C=O) groups is 1. The summed E-state index contributed by atoms with van der Waals surface area (Å²) in [5.41, 5.74) is 1.52. The molecule has 3 N–H and O–H groups in total. The molecule has 1 aliphatic rings. The van der Waals surface area contributed by atoms with E-state index in [1.54, 1.807) is 0 Å². The summed E-state index contributed by atoms with van der Waals surface area (Å²) in [5.74, 6) is -0.152. The largest absolute Gasteiger partial charge is 0.481 e. The predicted octanol–water partition coefficient (Wildman–Crippen LogP) is 2.21. The summed E-state index contributed by atoms with van der Waals surface area (Å²) in [5, 5.41) is 8.92. The number of aromatic nitrogens is 1. The number of carbonyl (C=O) groups excluding carboxylic acids is 1. The molecule has 2 heterocycles. The highest BCUT2D eigenvalue weighted by Crippen LogP contribution is 2.22. The number of anilines is 1. The Labute approximate surface area is 152 Å². The zero-order valence-electron chi connectivity index (χ0n) is 14.7. The van der Waals surface area contributed by atoms with Crippen molar-refractivity contribution in [2.24, 2.45) is 0 Å². The number of pyridine rings is 1. The highest BCUT2D eigenvalue weighted by atomic mass is 19.1. The fourth-order valence-corrected chi connectivity index (χ4v) is 2.93. The quantitative estimate of drug-likeness (QED) is 0.708. The van der Waals surface area contributed by atoms with Gasteiger partial charge in [-0.05, 0) is 31.0 Å². The summed E-state index contributed by atoms with van der Waals surface area (Å²) < 4.78 is 19.7. The topological polar surface area (TPSA) is 75.3 Å². The number of hydrogen-bond acceptors (Lipinski definition) is 5. The molecule has 0 unspecified atom stereocenters. The Balaban J connectivity index is 1.65. The van der Waals surface area contributed by atoms with Gasteiger partial charge >= 0.3 is 0 Å². The van der Waals surface area contributed by atoms with E-state index in [0.29, 0.717) is 18.0 Å². The third-order valence-corrected chi connectivity index (χ3v) is 4.34. The van der Waals surface area contributed by atoms with E-state index < -0.39 is 5.82 Å². The normalized spacial score (nSPS) is 16.3. The maximum Gasteiger partial charge on any atom is 0.237 e. The molecule has 1 aromatic carbocycles. The lowest BCUT2D eigenvalue weighted by Crippen LogP contribution is -2.40. The van der Waals surface area contributed by atoms with Crippen molar-refractivity contribution < 1.29 is 13.9 Å². The molecule has 0 aliphatic carbocycles. The standard InChI is InChI=1S/C19H23FN4O2/c1-26-19-14(12-23-18(25)16-8-5-9-21-16)10-15(20)17(24-19)22-11-13-6-3-2-4-7-13/h2-4,6-7,10,16,21H,5,8-9,11-12H2,1H3,(H,22,24)(H,23,25)/t16-/m0/s1. The Morgan fingerprint density at radius 1 is 1.35 bits per heavy atom. The minimum atomic E-state index is -0.482. The van der Waals surface area contributed by atoms with Gasteiger partial charge in [0.1, 0.15) is 0 Å². The number of benzene rings is 1. The average Bonchev–Trinajstić information content (AvgIpc) is 3.21. The lowest BCUT2D eigenvalue weighted by Gasteiger charge is -2.14. The molecule has 0 bridgehead atoms. The third-order valence-electron chi connectivity index (χ3n) is 4.34. The maximum atomic E-state index is 14.4. The summed E-state index contributed by atoms with van der Waals surface area (Å²) in [7, 11) is 1.48. The van der Waals surface area contributed by atoms with E-state index in [9.17, 15) is 9.18 Å². The van der Waals surface area contributed by atoms with Crippen LogP contribution >= 0.6 is 0 Å². The lowest BCUT2D eigenvalue weighted by atomic mass is 10.2. The van der Waals surface area contributed by atoms with E-state index in [2.05, 4.69) is 20.9 Å². The molecule has 1 atom stereocenters. The number of hydrogen-bond donors (Lipinski definition) is 3. The monoisotopic (exact) mass is 358 g/mol. The van der Waals surface area contributed by atoms with Gasteiger partial charge in [0.25, 0.3) is 0 Å². The SMILES string of the molecule is COc1nc(NCc2ccccc2)c(F)cc1CNC(=O)[C@@H]1CCCN1. The first-order chi connectivity index (χ1) is 12.7. The Morgan fingerprint density at radius 3 is 2.85 bits per heavy atom. The summed E-state index contributed by atoms with van der Waals surface area (Å²) in [4.78, 5) is 16.3. The summed E-state index contributed by atoms with van der Waals surface area (Å²) in [6, 6.07) is 10.8. The van der Waals surface area contributed by atoms with Crippen molar-refractivity contribution in [1.82, 2.24) is 15.6 Å². The van der Waals surface area contributed by atoms with Crippen LogP contribution < -0.4 is 20.7 Å². The zero-order valence-corrected chi connectivity index (χ0v) is 14.7. The molecule has 26 heavy (non-hydrogen) atoms. The van der Waals surface area contributed by atoms with E-state index in [0.717, 1.165) is 24.9 Å². The molecular formula is C19H23FN4O2. The first-order valence-corrected chi connectivity index (χ1v) is 8.69. The Hall–Kier alpha value is -2.67. The van der Waals surface area contributed by atoms with Gasteiger partial charge in [-0.1, -0.05) is 30.3 Å². The Morgan fingerprint density at radius 2 is 2.15 bits per heavy atom. The van der Waals surface area contributed by atoms with E-state index in [1.807, 2.05) is 30.3 Å². The van der Waals surface area contributed by atoms with E-state index >= 15 is 0 Å². The van der Waals surface area contributed by atoms with Crippen LogP contribution in [0.2, 0.25) is 0 Å². The third kappa shape index (κ3) is 4.49. The number of nitrogens with zero attached hydrogens (tertiary/aromatic N) is 1. The number of nitrogens with one attached hydrogen (secondary N) is 3.